The Labute approximate surface area is 204 Å². The van der Waals surface area contributed by atoms with E-state index in [2.05, 4.69) is 65.6 Å². The van der Waals surface area contributed by atoms with Gasteiger partial charge in [-0.15, -0.1) is 0 Å². The molecular formula is C32H22NO2+. The van der Waals surface area contributed by atoms with Gasteiger partial charge in [-0.3, -0.25) is 0 Å². The number of oxazole rings is 1. The molecule has 3 nitrogen and oxygen atoms in total. The third-order valence-corrected chi connectivity index (χ3v) is 5.94. The Bertz CT molecular complexity index is 1500. The van der Waals surface area contributed by atoms with Crippen molar-refractivity contribution in [3.8, 4) is 56.6 Å². The highest BCUT2D eigenvalue weighted by Gasteiger charge is 2.21. The smallest absolute Gasteiger partial charge is 0.361 e. The van der Waals surface area contributed by atoms with E-state index >= 15 is 0 Å². The topological polar surface area (TPSA) is 37.3 Å². The Kier molecular flexibility index (Phi) is 5.50. The summed E-state index contributed by atoms with van der Waals surface area (Å²) in [6, 6.07) is 42.9. The summed E-state index contributed by atoms with van der Waals surface area (Å²) in [4.78, 5) is 4.45. The van der Waals surface area contributed by atoms with Crippen LogP contribution in [0, 0.1) is 0 Å². The average molecular weight is 453 g/mol. The Morgan fingerprint density at radius 1 is 0.457 bits per heavy atom. The SMILES string of the molecule is c1ccc(-c2cc(-c3ccccc3)[o+]c(-c3ccc(-c4cnc(-c5ccccc5)o4)cc3)c2)cc1. The van der Waals surface area contributed by atoms with E-state index in [4.69, 9.17) is 8.83 Å². The molecule has 0 aliphatic rings. The predicted octanol–water partition coefficient (Wildman–Crippen LogP) is 8.88. The van der Waals surface area contributed by atoms with Crippen molar-refractivity contribution in [3.63, 3.8) is 0 Å². The Hall–Kier alpha value is -4.76. The molecule has 35 heavy (non-hydrogen) atoms. The number of hydrogen-bond acceptors (Lipinski definition) is 2. The summed E-state index contributed by atoms with van der Waals surface area (Å²) < 4.78 is 12.4. The maximum absolute atomic E-state index is 6.38. The van der Waals surface area contributed by atoms with Gasteiger partial charge in [0.05, 0.1) is 29.5 Å². The number of nitrogens with zero attached hydrogens (tertiary/aromatic N) is 1. The van der Waals surface area contributed by atoms with Gasteiger partial charge >= 0.3 is 11.5 Å². The first-order chi connectivity index (χ1) is 17.3. The molecular weight excluding hydrogens is 430 g/mol. The summed E-state index contributed by atoms with van der Waals surface area (Å²) >= 11 is 0. The van der Waals surface area contributed by atoms with Crippen molar-refractivity contribution in [1.29, 1.82) is 0 Å². The van der Waals surface area contributed by atoms with Crippen molar-refractivity contribution in [1.82, 2.24) is 4.98 Å². The molecule has 0 spiro atoms. The van der Waals surface area contributed by atoms with Crippen LogP contribution in [0.4, 0.5) is 0 Å². The summed E-state index contributed by atoms with van der Waals surface area (Å²) in [6.45, 7) is 0. The largest absolute Gasteiger partial charge is 0.436 e. The molecule has 6 aromatic rings. The molecule has 6 rings (SSSR count). The number of rotatable bonds is 5. The minimum Gasteiger partial charge on any atom is -0.436 e. The fourth-order valence-corrected chi connectivity index (χ4v) is 4.11. The zero-order chi connectivity index (χ0) is 23.5. The molecule has 0 saturated heterocycles. The standard InChI is InChI=1S/C32H22NO2/c1-4-10-23(11-5-1)28-20-29(24-12-6-2-7-13-24)34-30(21-28)25-16-18-26(19-17-25)31-22-33-32(35-31)27-14-8-3-9-15-27/h1-22H/q+1. The maximum atomic E-state index is 6.38. The van der Waals surface area contributed by atoms with Crippen molar-refractivity contribution in [2.45, 2.75) is 0 Å². The zero-order valence-corrected chi connectivity index (χ0v) is 19.0. The van der Waals surface area contributed by atoms with Crippen LogP contribution in [0.1, 0.15) is 0 Å². The zero-order valence-electron chi connectivity index (χ0n) is 19.0. The molecule has 0 unspecified atom stereocenters. The lowest BCUT2D eigenvalue weighted by atomic mass is 10.0. The number of aromatic nitrogens is 1. The van der Waals surface area contributed by atoms with Crippen molar-refractivity contribution < 1.29 is 8.83 Å². The van der Waals surface area contributed by atoms with Crippen LogP contribution in [0.2, 0.25) is 0 Å². The van der Waals surface area contributed by atoms with E-state index in [-0.39, 0.29) is 0 Å². The van der Waals surface area contributed by atoms with Gasteiger partial charge in [-0.05, 0) is 42.0 Å². The van der Waals surface area contributed by atoms with Crippen LogP contribution in [-0.2, 0) is 0 Å². The van der Waals surface area contributed by atoms with Crippen LogP contribution in [0.3, 0.4) is 0 Å². The van der Waals surface area contributed by atoms with Gasteiger partial charge in [-0.2, -0.15) is 0 Å². The first-order valence-electron chi connectivity index (χ1n) is 11.5. The molecule has 0 fully saturated rings. The molecule has 0 atom stereocenters. The molecule has 4 aromatic carbocycles. The van der Waals surface area contributed by atoms with Crippen LogP contribution < -0.4 is 0 Å². The minimum absolute atomic E-state index is 0.614. The summed E-state index contributed by atoms with van der Waals surface area (Å²) in [6.07, 6.45) is 1.77. The predicted molar refractivity (Wildman–Crippen MR) is 140 cm³/mol. The molecule has 0 N–H and O–H groups in total. The summed E-state index contributed by atoms with van der Waals surface area (Å²) in [5.41, 5.74) is 6.21. The van der Waals surface area contributed by atoms with Gasteiger partial charge in [0.25, 0.3) is 0 Å². The van der Waals surface area contributed by atoms with E-state index in [0.717, 1.165) is 50.7 Å². The van der Waals surface area contributed by atoms with E-state index < -0.39 is 0 Å². The van der Waals surface area contributed by atoms with E-state index in [1.807, 2.05) is 66.7 Å². The minimum atomic E-state index is 0.614. The Morgan fingerprint density at radius 2 is 0.943 bits per heavy atom. The molecule has 0 amide bonds. The van der Waals surface area contributed by atoms with Crippen LogP contribution >= 0.6 is 0 Å². The maximum Gasteiger partial charge on any atom is 0.361 e. The van der Waals surface area contributed by atoms with Crippen molar-refractivity contribution >= 4 is 0 Å². The molecule has 0 bridgehead atoms. The second-order valence-corrected chi connectivity index (χ2v) is 8.28. The lowest BCUT2D eigenvalue weighted by Gasteiger charge is -2.03. The molecule has 0 radical (unpaired) electrons. The Balaban J connectivity index is 1.37. The van der Waals surface area contributed by atoms with Gasteiger partial charge < -0.3 is 4.42 Å². The van der Waals surface area contributed by atoms with Gasteiger partial charge in [0, 0.05) is 16.7 Å². The first kappa shape index (κ1) is 20.8. The molecule has 3 heteroatoms. The lowest BCUT2D eigenvalue weighted by Crippen LogP contribution is -1.86. The fraction of sp³-hybridized carbons (Fsp3) is 0. The monoisotopic (exact) mass is 452 g/mol. The normalized spacial score (nSPS) is 10.9. The second-order valence-electron chi connectivity index (χ2n) is 8.28. The van der Waals surface area contributed by atoms with Crippen molar-refractivity contribution in [2.24, 2.45) is 0 Å². The quantitative estimate of drug-likeness (QED) is 0.245. The van der Waals surface area contributed by atoms with Gasteiger partial charge in [0.2, 0.25) is 5.89 Å². The lowest BCUT2D eigenvalue weighted by molar-refractivity contribution is 0.582. The fourth-order valence-electron chi connectivity index (χ4n) is 4.11. The van der Waals surface area contributed by atoms with Crippen molar-refractivity contribution in [2.75, 3.05) is 0 Å². The van der Waals surface area contributed by atoms with Gasteiger partial charge in [0.15, 0.2) is 5.76 Å². The summed E-state index contributed by atoms with van der Waals surface area (Å²) in [5, 5.41) is 0. The highest BCUT2D eigenvalue weighted by Crippen LogP contribution is 2.34. The summed E-state index contributed by atoms with van der Waals surface area (Å²) in [5.74, 6) is 2.98. The first-order valence-corrected chi connectivity index (χ1v) is 11.5. The summed E-state index contributed by atoms with van der Waals surface area (Å²) in [7, 11) is 0. The van der Waals surface area contributed by atoms with Crippen LogP contribution in [0.5, 0.6) is 0 Å². The molecule has 0 saturated carbocycles. The molecule has 166 valence electrons. The highest BCUT2D eigenvalue weighted by molar-refractivity contribution is 5.75. The van der Waals surface area contributed by atoms with Crippen molar-refractivity contribution in [3.05, 3.63) is 134 Å². The van der Waals surface area contributed by atoms with Crippen LogP contribution in [0.25, 0.3) is 56.6 Å². The van der Waals surface area contributed by atoms with E-state index in [1.165, 1.54) is 0 Å². The number of benzene rings is 4. The van der Waals surface area contributed by atoms with Crippen LogP contribution in [0.15, 0.2) is 142 Å². The molecule has 2 aromatic heterocycles. The third kappa shape index (κ3) is 4.40. The van der Waals surface area contributed by atoms with Gasteiger partial charge in [-0.25, -0.2) is 9.40 Å². The van der Waals surface area contributed by atoms with E-state index in [9.17, 15) is 0 Å². The Morgan fingerprint density at radius 3 is 1.54 bits per heavy atom. The second kappa shape index (κ2) is 9.24. The average Bonchev–Trinajstić information content (AvgIpc) is 3.45. The highest BCUT2D eigenvalue weighted by atomic mass is 16.4. The van der Waals surface area contributed by atoms with Gasteiger partial charge in [-0.1, -0.05) is 78.9 Å². The third-order valence-electron chi connectivity index (χ3n) is 5.94. The van der Waals surface area contributed by atoms with Gasteiger partial charge in [0.1, 0.15) is 0 Å². The molecule has 2 heterocycles. The van der Waals surface area contributed by atoms with E-state index in [1.54, 1.807) is 6.20 Å². The molecule has 0 aliphatic carbocycles. The number of hydrogen-bond donors (Lipinski definition) is 0. The molecule has 0 aliphatic heterocycles. The van der Waals surface area contributed by atoms with E-state index in [0.29, 0.717) is 5.89 Å². The van der Waals surface area contributed by atoms with Crippen LogP contribution in [-0.4, -0.2) is 4.98 Å².